The van der Waals surface area contributed by atoms with Gasteiger partial charge < -0.3 is 10.5 Å². The van der Waals surface area contributed by atoms with Crippen molar-refractivity contribution in [2.75, 3.05) is 5.32 Å². The van der Waals surface area contributed by atoms with Crippen LogP contribution in [0.25, 0.3) is 0 Å². The van der Waals surface area contributed by atoms with Crippen molar-refractivity contribution in [3.63, 3.8) is 0 Å². The lowest BCUT2D eigenvalue weighted by atomic mass is 10.1. The van der Waals surface area contributed by atoms with Crippen LogP contribution < -0.4 is 22.4 Å². The van der Waals surface area contributed by atoms with E-state index in [1.165, 1.54) is 0 Å². The fourth-order valence-corrected chi connectivity index (χ4v) is 1.85. The molecule has 1 amide bonds. The smallest absolute Gasteiger partial charge is 0.412 e. The number of aryl methyl sites for hydroxylation is 1. The quantitative estimate of drug-likeness (QED) is 0.295. The normalized spacial score (nSPS) is 12.0. The number of amides is 1. The zero-order valence-corrected chi connectivity index (χ0v) is 13.2. The lowest BCUT2D eigenvalue weighted by Gasteiger charge is -2.20. The summed E-state index contributed by atoms with van der Waals surface area (Å²) in [6.07, 6.45) is -0.605. The van der Waals surface area contributed by atoms with Gasteiger partial charge in [0.2, 0.25) is 0 Å². The Bertz CT molecular complexity index is 566. The summed E-state index contributed by atoms with van der Waals surface area (Å²) in [6, 6.07) is 3.28. The molecule has 0 radical (unpaired) electrons. The third kappa shape index (κ3) is 5.13. The summed E-state index contributed by atoms with van der Waals surface area (Å²) in [5.74, 6) is 5.28. The van der Waals surface area contributed by atoms with E-state index in [-0.39, 0.29) is 5.84 Å². The molecular weight excluding hydrogens is 294 g/mol. The van der Waals surface area contributed by atoms with E-state index >= 15 is 0 Å². The number of amidine groups is 1. The van der Waals surface area contributed by atoms with Gasteiger partial charge in [0.1, 0.15) is 5.60 Å². The topological polar surface area (TPSA) is 115 Å². The Hall–Kier alpha value is -1.99. The van der Waals surface area contributed by atoms with Gasteiger partial charge in [0.25, 0.3) is 0 Å². The zero-order chi connectivity index (χ0) is 16.2. The largest absolute Gasteiger partial charge is 0.444 e. The third-order valence-electron chi connectivity index (χ3n) is 2.41. The molecular formula is C13H20ClN5O2. The number of benzene rings is 1. The molecule has 7 nitrogen and oxygen atoms in total. The number of hydrazone groups is 1. The van der Waals surface area contributed by atoms with Gasteiger partial charge in [0.15, 0.2) is 5.84 Å². The van der Waals surface area contributed by atoms with Crippen molar-refractivity contribution in [2.45, 2.75) is 33.3 Å². The van der Waals surface area contributed by atoms with E-state index in [4.69, 9.17) is 27.9 Å². The summed E-state index contributed by atoms with van der Waals surface area (Å²) >= 11 is 6.11. The molecule has 0 unspecified atom stereocenters. The number of nitrogens with zero attached hydrogens (tertiary/aromatic N) is 1. The highest BCUT2D eigenvalue weighted by Gasteiger charge is 2.18. The summed E-state index contributed by atoms with van der Waals surface area (Å²) < 4.78 is 5.17. The van der Waals surface area contributed by atoms with Crippen molar-refractivity contribution in [1.82, 2.24) is 5.53 Å². The average molecular weight is 314 g/mol. The fourth-order valence-electron chi connectivity index (χ4n) is 1.59. The van der Waals surface area contributed by atoms with Crippen LogP contribution in [-0.2, 0) is 4.74 Å². The van der Waals surface area contributed by atoms with Crippen molar-refractivity contribution in [3.8, 4) is 0 Å². The first-order chi connectivity index (χ1) is 9.64. The molecule has 0 bridgehead atoms. The highest BCUT2D eigenvalue weighted by Crippen LogP contribution is 2.26. The molecule has 116 valence electrons. The number of hydrogen-bond donors (Lipinski definition) is 4. The molecule has 21 heavy (non-hydrogen) atoms. The van der Waals surface area contributed by atoms with Crippen LogP contribution in [0.3, 0.4) is 0 Å². The molecule has 0 saturated carbocycles. The van der Waals surface area contributed by atoms with Crippen LogP contribution >= 0.6 is 11.6 Å². The molecule has 1 aromatic carbocycles. The van der Waals surface area contributed by atoms with Gasteiger partial charge in [-0.2, -0.15) is 0 Å². The summed E-state index contributed by atoms with van der Waals surface area (Å²) in [6.45, 7) is 7.13. The molecule has 1 aromatic rings. The van der Waals surface area contributed by atoms with E-state index in [0.29, 0.717) is 16.3 Å². The fraction of sp³-hybridized carbons (Fsp3) is 0.385. The second-order valence-corrected chi connectivity index (χ2v) is 5.81. The lowest BCUT2D eigenvalue weighted by molar-refractivity contribution is 0.0636. The van der Waals surface area contributed by atoms with Crippen LogP contribution in [0.1, 0.15) is 31.9 Å². The van der Waals surface area contributed by atoms with E-state index < -0.39 is 11.7 Å². The second kappa shape index (κ2) is 6.64. The summed E-state index contributed by atoms with van der Waals surface area (Å²) in [5.41, 5.74) is 9.07. The number of ether oxygens (including phenoxy) is 1. The summed E-state index contributed by atoms with van der Waals surface area (Å²) in [5, 5.41) is 6.65. The second-order valence-electron chi connectivity index (χ2n) is 5.40. The maximum atomic E-state index is 11.8. The van der Waals surface area contributed by atoms with Gasteiger partial charge in [-0.1, -0.05) is 11.6 Å². The van der Waals surface area contributed by atoms with E-state index in [9.17, 15) is 4.79 Å². The predicted molar refractivity (Wildman–Crippen MR) is 84.1 cm³/mol. The SMILES string of the molecule is Cc1cc(Cl)c(NC(=O)OC(C)(C)C)cc1/C(N)=N/NN. The minimum Gasteiger partial charge on any atom is -0.444 e. The number of nitrogens with one attached hydrogen (secondary N) is 2. The molecule has 0 atom stereocenters. The van der Waals surface area contributed by atoms with Crippen molar-refractivity contribution in [3.05, 3.63) is 28.3 Å². The number of carbonyl (C=O) groups is 1. The summed E-state index contributed by atoms with van der Waals surface area (Å²) in [7, 11) is 0. The molecule has 0 aliphatic carbocycles. The number of nitrogens with two attached hydrogens (primary N) is 2. The van der Waals surface area contributed by atoms with Crippen molar-refractivity contribution in [2.24, 2.45) is 16.7 Å². The van der Waals surface area contributed by atoms with Crippen LogP contribution in [0.5, 0.6) is 0 Å². The number of hydrogen-bond acceptors (Lipinski definition) is 5. The minimum atomic E-state index is -0.605. The first-order valence-corrected chi connectivity index (χ1v) is 6.61. The van der Waals surface area contributed by atoms with E-state index in [1.54, 1.807) is 32.9 Å². The average Bonchev–Trinajstić information content (AvgIpc) is 2.30. The summed E-state index contributed by atoms with van der Waals surface area (Å²) in [4.78, 5) is 11.8. The minimum absolute atomic E-state index is 0.180. The van der Waals surface area contributed by atoms with Gasteiger partial charge >= 0.3 is 6.09 Å². The molecule has 0 aliphatic heterocycles. The molecule has 0 heterocycles. The third-order valence-corrected chi connectivity index (χ3v) is 2.72. The van der Waals surface area contributed by atoms with E-state index in [1.807, 2.05) is 6.92 Å². The zero-order valence-electron chi connectivity index (χ0n) is 12.5. The Kier molecular flexibility index (Phi) is 5.40. The predicted octanol–water partition coefficient (Wildman–Crippen LogP) is 2.08. The number of rotatable bonds is 3. The van der Waals surface area contributed by atoms with Gasteiger partial charge in [-0.25, -0.2) is 16.2 Å². The van der Waals surface area contributed by atoms with Gasteiger partial charge in [0, 0.05) is 5.56 Å². The Labute approximate surface area is 128 Å². The van der Waals surface area contributed by atoms with Gasteiger partial charge in [0.05, 0.1) is 10.7 Å². The number of anilines is 1. The van der Waals surface area contributed by atoms with E-state index in [0.717, 1.165) is 5.56 Å². The maximum Gasteiger partial charge on any atom is 0.412 e. The molecule has 0 aliphatic rings. The number of hydrazine groups is 1. The Morgan fingerprint density at radius 2 is 2.00 bits per heavy atom. The standard InChI is InChI=1S/C13H20ClN5O2/c1-7-5-9(14)10(6-8(7)11(15)18-19-16)17-12(20)21-13(2,3)4/h5-6,19H,16H2,1-4H3,(H2,15,18)(H,17,20). The molecule has 8 heteroatoms. The maximum absolute atomic E-state index is 11.8. The molecule has 0 saturated heterocycles. The number of halogens is 1. The van der Waals surface area contributed by atoms with Crippen molar-refractivity contribution >= 4 is 29.2 Å². The lowest BCUT2D eigenvalue weighted by Crippen LogP contribution is -2.27. The van der Waals surface area contributed by atoms with E-state index in [2.05, 4.69) is 16.0 Å². The molecule has 1 rings (SSSR count). The molecule has 0 fully saturated rings. The molecule has 6 N–H and O–H groups in total. The Balaban J connectivity index is 3.06. The van der Waals surface area contributed by atoms with Crippen molar-refractivity contribution < 1.29 is 9.53 Å². The Morgan fingerprint density at radius 1 is 1.38 bits per heavy atom. The number of carbonyl (C=O) groups excluding carboxylic acids is 1. The van der Waals surface area contributed by atoms with Crippen LogP contribution in [0, 0.1) is 6.92 Å². The highest BCUT2D eigenvalue weighted by molar-refractivity contribution is 6.34. The van der Waals surface area contributed by atoms with Gasteiger partial charge in [-0.15, -0.1) is 5.10 Å². The van der Waals surface area contributed by atoms with Crippen LogP contribution in [0.2, 0.25) is 5.02 Å². The first kappa shape index (κ1) is 17.1. The van der Waals surface area contributed by atoms with Crippen LogP contribution in [0.4, 0.5) is 10.5 Å². The van der Waals surface area contributed by atoms with Gasteiger partial charge in [-0.3, -0.25) is 5.32 Å². The molecule has 0 spiro atoms. The monoisotopic (exact) mass is 313 g/mol. The Morgan fingerprint density at radius 3 is 2.52 bits per heavy atom. The van der Waals surface area contributed by atoms with Crippen LogP contribution in [-0.4, -0.2) is 17.5 Å². The molecule has 0 aromatic heterocycles. The highest BCUT2D eigenvalue weighted by atomic mass is 35.5. The van der Waals surface area contributed by atoms with Crippen LogP contribution in [0.15, 0.2) is 17.2 Å². The van der Waals surface area contributed by atoms with Crippen molar-refractivity contribution in [1.29, 1.82) is 0 Å². The van der Waals surface area contributed by atoms with Gasteiger partial charge in [-0.05, 0) is 45.4 Å². The first-order valence-electron chi connectivity index (χ1n) is 6.23.